The molecule has 0 aliphatic heterocycles. The predicted octanol–water partition coefficient (Wildman–Crippen LogP) is 1.60. The average molecular weight is 339 g/mol. The highest BCUT2D eigenvalue weighted by Crippen LogP contribution is 2.19. The van der Waals surface area contributed by atoms with Gasteiger partial charge < -0.3 is 16.4 Å². The lowest BCUT2D eigenvalue weighted by Crippen LogP contribution is -2.47. The van der Waals surface area contributed by atoms with E-state index in [0.717, 1.165) is 5.39 Å². The topological polar surface area (TPSA) is 121 Å². The summed E-state index contributed by atoms with van der Waals surface area (Å²) in [5.41, 5.74) is 7.29. The van der Waals surface area contributed by atoms with Crippen LogP contribution >= 0.6 is 0 Å². The van der Waals surface area contributed by atoms with Gasteiger partial charge in [-0.3, -0.25) is 9.59 Å². The number of hydrogen-bond donors (Lipinski definition) is 3. The van der Waals surface area contributed by atoms with Crippen molar-refractivity contribution in [3.63, 3.8) is 0 Å². The quantitative estimate of drug-likeness (QED) is 0.545. The molecule has 1 atom stereocenters. The number of benzene rings is 1. The third-order valence-corrected chi connectivity index (χ3v) is 3.67. The van der Waals surface area contributed by atoms with Crippen molar-refractivity contribution < 1.29 is 9.59 Å². The van der Waals surface area contributed by atoms with Gasteiger partial charge in [-0.1, -0.05) is 19.9 Å². The summed E-state index contributed by atoms with van der Waals surface area (Å²) in [4.78, 5) is 29.0. The van der Waals surface area contributed by atoms with Crippen LogP contribution in [-0.4, -0.2) is 29.4 Å². The highest BCUT2D eigenvalue weighted by molar-refractivity contribution is 5.99. The van der Waals surface area contributed by atoms with E-state index < -0.39 is 11.9 Å². The molecule has 0 saturated heterocycles. The second-order valence-electron chi connectivity index (χ2n) is 6.14. The standard InChI is InChI=1S/C18H21N5O2/c1-11(2)10-16(17(24)21-9-8-19)23-18(25)15-7-6-12-13(20)4-3-5-14(12)22-15/h3-7,11,16H,9-10,20H2,1-2H3,(H,21,24)(H,23,25). The van der Waals surface area contributed by atoms with Crippen molar-refractivity contribution in [2.24, 2.45) is 5.92 Å². The van der Waals surface area contributed by atoms with E-state index in [1.54, 1.807) is 30.3 Å². The Labute approximate surface area is 146 Å². The van der Waals surface area contributed by atoms with Crippen LogP contribution < -0.4 is 16.4 Å². The molecule has 1 unspecified atom stereocenters. The lowest BCUT2D eigenvalue weighted by Gasteiger charge is -2.19. The third kappa shape index (κ3) is 4.67. The number of aromatic nitrogens is 1. The van der Waals surface area contributed by atoms with Crippen molar-refractivity contribution in [2.45, 2.75) is 26.3 Å². The number of nitrogens with two attached hydrogens (primary N) is 1. The number of pyridine rings is 1. The summed E-state index contributed by atoms with van der Waals surface area (Å²) in [5.74, 6) is -0.627. The fourth-order valence-corrected chi connectivity index (χ4v) is 2.49. The fraction of sp³-hybridized carbons (Fsp3) is 0.333. The molecule has 0 bridgehead atoms. The molecule has 1 aromatic heterocycles. The normalized spacial score (nSPS) is 11.8. The zero-order valence-corrected chi connectivity index (χ0v) is 14.2. The van der Waals surface area contributed by atoms with Crippen LogP contribution in [0.2, 0.25) is 0 Å². The molecule has 2 amide bonds. The number of nitrogens with zero attached hydrogens (tertiary/aromatic N) is 2. The Kier molecular flexibility index (Phi) is 5.90. The number of nitrogens with one attached hydrogen (secondary N) is 2. The van der Waals surface area contributed by atoms with E-state index in [1.807, 2.05) is 19.9 Å². The van der Waals surface area contributed by atoms with Gasteiger partial charge in [0, 0.05) is 11.1 Å². The van der Waals surface area contributed by atoms with Crippen molar-refractivity contribution in [3.05, 3.63) is 36.0 Å². The first kappa shape index (κ1) is 18.2. The maximum absolute atomic E-state index is 12.5. The van der Waals surface area contributed by atoms with Crippen LogP contribution in [0.1, 0.15) is 30.8 Å². The van der Waals surface area contributed by atoms with E-state index in [0.29, 0.717) is 17.6 Å². The summed E-state index contributed by atoms with van der Waals surface area (Å²) in [6.45, 7) is 3.80. The minimum atomic E-state index is -0.723. The van der Waals surface area contributed by atoms with Gasteiger partial charge in [0.05, 0.1) is 11.6 Å². The molecule has 0 fully saturated rings. The summed E-state index contributed by atoms with van der Waals surface area (Å²) in [7, 11) is 0. The molecule has 2 rings (SSSR count). The minimum absolute atomic E-state index is 0.100. The second kappa shape index (κ2) is 8.11. The van der Waals surface area contributed by atoms with Crippen molar-refractivity contribution >= 4 is 28.4 Å². The van der Waals surface area contributed by atoms with Crippen LogP contribution in [0.3, 0.4) is 0 Å². The summed E-state index contributed by atoms with van der Waals surface area (Å²) in [6.07, 6.45) is 0.462. The molecule has 0 radical (unpaired) electrons. The molecule has 0 spiro atoms. The van der Waals surface area contributed by atoms with Gasteiger partial charge in [0.15, 0.2) is 0 Å². The molecule has 4 N–H and O–H groups in total. The first-order chi connectivity index (χ1) is 11.9. The van der Waals surface area contributed by atoms with Gasteiger partial charge in [-0.05, 0) is 36.6 Å². The van der Waals surface area contributed by atoms with Gasteiger partial charge in [0.1, 0.15) is 18.3 Å². The maximum Gasteiger partial charge on any atom is 0.270 e. The van der Waals surface area contributed by atoms with Crippen LogP contribution in [-0.2, 0) is 4.79 Å². The molecule has 25 heavy (non-hydrogen) atoms. The van der Waals surface area contributed by atoms with Crippen LogP contribution in [0.25, 0.3) is 10.9 Å². The van der Waals surface area contributed by atoms with Crippen molar-refractivity contribution in [2.75, 3.05) is 12.3 Å². The third-order valence-electron chi connectivity index (χ3n) is 3.67. The Morgan fingerprint density at radius 3 is 2.72 bits per heavy atom. The monoisotopic (exact) mass is 339 g/mol. The number of nitrogen functional groups attached to an aromatic ring is 1. The maximum atomic E-state index is 12.5. The molecular weight excluding hydrogens is 318 g/mol. The van der Waals surface area contributed by atoms with Crippen molar-refractivity contribution in [1.29, 1.82) is 5.26 Å². The highest BCUT2D eigenvalue weighted by atomic mass is 16.2. The fourth-order valence-electron chi connectivity index (χ4n) is 2.49. The largest absolute Gasteiger partial charge is 0.398 e. The Bertz CT molecular complexity index is 826. The molecule has 0 aliphatic rings. The number of fused-ring (bicyclic) bond motifs is 1. The zero-order valence-electron chi connectivity index (χ0n) is 14.2. The van der Waals surface area contributed by atoms with Gasteiger partial charge in [0.25, 0.3) is 5.91 Å². The van der Waals surface area contributed by atoms with E-state index >= 15 is 0 Å². The number of rotatable bonds is 6. The van der Waals surface area contributed by atoms with E-state index in [-0.39, 0.29) is 24.1 Å². The summed E-state index contributed by atoms with van der Waals surface area (Å²) >= 11 is 0. The number of amides is 2. The number of hydrogen-bond acceptors (Lipinski definition) is 5. The number of carbonyl (C=O) groups is 2. The summed E-state index contributed by atoms with van der Waals surface area (Å²) < 4.78 is 0. The molecule has 1 heterocycles. The van der Waals surface area contributed by atoms with Gasteiger partial charge in [-0.2, -0.15) is 5.26 Å². The Morgan fingerprint density at radius 2 is 2.04 bits per heavy atom. The van der Waals surface area contributed by atoms with Crippen LogP contribution in [0.4, 0.5) is 5.69 Å². The van der Waals surface area contributed by atoms with Gasteiger partial charge in [0.2, 0.25) is 5.91 Å². The van der Waals surface area contributed by atoms with Crippen molar-refractivity contribution in [3.8, 4) is 6.07 Å². The first-order valence-electron chi connectivity index (χ1n) is 8.03. The first-order valence-corrected chi connectivity index (χ1v) is 8.03. The van der Waals surface area contributed by atoms with Crippen LogP contribution in [0.5, 0.6) is 0 Å². The molecule has 0 saturated carbocycles. The summed E-state index contributed by atoms with van der Waals surface area (Å²) in [5, 5.41) is 14.5. The lowest BCUT2D eigenvalue weighted by atomic mass is 10.0. The Morgan fingerprint density at radius 1 is 1.28 bits per heavy atom. The number of anilines is 1. The van der Waals surface area contributed by atoms with Gasteiger partial charge in [-0.15, -0.1) is 0 Å². The number of carbonyl (C=O) groups excluding carboxylic acids is 2. The summed E-state index contributed by atoms with van der Waals surface area (Å²) in [6, 6.07) is 9.74. The highest BCUT2D eigenvalue weighted by Gasteiger charge is 2.23. The smallest absolute Gasteiger partial charge is 0.270 e. The molecule has 7 nitrogen and oxygen atoms in total. The van der Waals surface area contributed by atoms with E-state index in [4.69, 9.17) is 11.0 Å². The Balaban J connectivity index is 2.19. The molecular formula is C18H21N5O2. The molecule has 130 valence electrons. The van der Waals surface area contributed by atoms with E-state index in [2.05, 4.69) is 15.6 Å². The van der Waals surface area contributed by atoms with Gasteiger partial charge in [-0.25, -0.2) is 4.98 Å². The van der Waals surface area contributed by atoms with Gasteiger partial charge >= 0.3 is 0 Å². The van der Waals surface area contributed by atoms with Crippen LogP contribution in [0.15, 0.2) is 30.3 Å². The van der Waals surface area contributed by atoms with Crippen LogP contribution in [0, 0.1) is 17.2 Å². The molecule has 1 aromatic carbocycles. The predicted molar refractivity (Wildman–Crippen MR) is 95.5 cm³/mol. The zero-order chi connectivity index (χ0) is 18.4. The number of nitriles is 1. The molecule has 7 heteroatoms. The Hall–Kier alpha value is -3.14. The molecule has 2 aromatic rings. The molecule has 0 aliphatic carbocycles. The lowest BCUT2D eigenvalue weighted by molar-refractivity contribution is -0.123. The second-order valence-corrected chi connectivity index (χ2v) is 6.14. The van der Waals surface area contributed by atoms with E-state index in [9.17, 15) is 9.59 Å². The van der Waals surface area contributed by atoms with E-state index in [1.165, 1.54) is 0 Å². The minimum Gasteiger partial charge on any atom is -0.398 e. The SMILES string of the molecule is CC(C)CC(NC(=O)c1ccc2c(N)cccc2n1)C(=O)NCC#N. The van der Waals surface area contributed by atoms with Crippen molar-refractivity contribution in [1.82, 2.24) is 15.6 Å². The average Bonchev–Trinajstić information content (AvgIpc) is 2.58.